The fourth-order valence-electron chi connectivity index (χ4n) is 4.11. The van der Waals surface area contributed by atoms with Crippen LogP contribution in [0.25, 0.3) is 0 Å². The first-order valence-electron chi connectivity index (χ1n) is 11.6. The highest BCUT2D eigenvalue weighted by Crippen LogP contribution is 2.38. The summed E-state index contributed by atoms with van der Waals surface area (Å²) in [6.45, 7) is 4.26. The minimum absolute atomic E-state index is 0.781. The number of rotatable bonds is 15. The minimum atomic E-state index is -0.824. The molecular formula is C25H44O3. The van der Waals surface area contributed by atoms with Crippen LogP contribution < -0.4 is 0 Å². The lowest BCUT2D eigenvalue weighted by Crippen LogP contribution is -2.08. The summed E-state index contributed by atoms with van der Waals surface area (Å²) < 4.78 is 0. The van der Waals surface area contributed by atoms with Gasteiger partial charge in [0.15, 0.2) is 0 Å². The van der Waals surface area contributed by atoms with Gasteiger partial charge in [-0.05, 0) is 37.2 Å². The molecule has 2 atom stereocenters. The number of carbonyl (C=O) groups excluding carboxylic acids is 1. The van der Waals surface area contributed by atoms with E-state index in [2.05, 4.69) is 6.92 Å². The van der Waals surface area contributed by atoms with Gasteiger partial charge in [0, 0.05) is 6.08 Å². The van der Waals surface area contributed by atoms with Crippen LogP contribution in [0.2, 0.25) is 0 Å². The van der Waals surface area contributed by atoms with Crippen LogP contribution in [0.15, 0.2) is 24.3 Å². The molecule has 0 aliphatic heterocycles. The predicted molar refractivity (Wildman–Crippen MR) is 120 cm³/mol. The lowest BCUT2D eigenvalue weighted by molar-refractivity contribution is -0.131. The molecular weight excluding hydrogens is 348 g/mol. The van der Waals surface area contributed by atoms with Crippen LogP contribution in [0.4, 0.5) is 0 Å². The van der Waals surface area contributed by atoms with Crippen LogP contribution in [0.3, 0.4) is 0 Å². The molecule has 0 saturated heterocycles. The summed E-state index contributed by atoms with van der Waals surface area (Å²) in [5.74, 6) is 1.12. The number of carboxylic acids is 1. The highest BCUT2D eigenvalue weighted by molar-refractivity contribution is 5.79. The van der Waals surface area contributed by atoms with Crippen molar-refractivity contribution in [3.63, 3.8) is 0 Å². The van der Waals surface area contributed by atoms with Gasteiger partial charge in [-0.25, -0.2) is 4.79 Å². The van der Waals surface area contributed by atoms with Crippen molar-refractivity contribution in [2.75, 3.05) is 0 Å². The molecule has 0 aromatic rings. The Balaban J connectivity index is 0.00000105. The average molecular weight is 393 g/mol. The Morgan fingerprint density at radius 3 is 2.04 bits per heavy atom. The second-order valence-electron chi connectivity index (χ2n) is 8.01. The monoisotopic (exact) mass is 392 g/mol. The highest BCUT2D eigenvalue weighted by Gasteiger charge is 2.25. The zero-order valence-electron chi connectivity index (χ0n) is 18.4. The van der Waals surface area contributed by atoms with Crippen molar-refractivity contribution in [1.82, 2.24) is 0 Å². The summed E-state index contributed by atoms with van der Waals surface area (Å²) in [4.78, 5) is 19.9. The standard InChI is InChI=1S/C20H36O2.C5H8O/c1-2-3-4-5-6-9-13-18-15-12-16-19(18)14-10-7-8-11-17-20(21)22;1-2-3-4-5-6/h11,17-19H,2-10,12-16H2,1H3,(H,21,22);3-5H,2H2,1H3/t18-,19-;/m0./s1. The molecule has 28 heavy (non-hydrogen) atoms. The van der Waals surface area contributed by atoms with Crippen LogP contribution in [0, 0.1) is 11.8 Å². The first kappa shape index (κ1) is 26.6. The SMILES string of the molecule is CCC=CC=O.CCCCCCCC[C@H]1CCC[C@@H]1CCCCC=CC(=O)O. The third-order valence-electron chi connectivity index (χ3n) is 5.65. The minimum Gasteiger partial charge on any atom is -0.478 e. The van der Waals surface area contributed by atoms with Crippen molar-refractivity contribution in [1.29, 1.82) is 0 Å². The third-order valence-corrected chi connectivity index (χ3v) is 5.65. The molecule has 3 nitrogen and oxygen atoms in total. The van der Waals surface area contributed by atoms with Gasteiger partial charge in [0.1, 0.15) is 6.29 Å². The number of aldehydes is 1. The fourth-order valence-corrected chi connectivity index (χ4v) is 4.11. The molecule has 1 fully saturated rings. The van der Waals surface area contributed by atoms with E-state index in [0.29, 0.717) is 0 Å². The summed E-state index contributed by atoms with van der Waals surface area (Å²) in [6, 6.07) is 0. The fraction of sp³-hybridized carbons (Fsp3) is 0.760. The van der Waals surface area contributed by atoms with E-state index in [1.807, 2.05) is 13.0 Å². The van der Waals surface area contributed by atoms with E-state index in [0.717, 1.165) is 37.4 Å². The van der Waals surface area contributed by atoms with Gasteiger partial charge in [-0.2, -0.15) is 0 Å². The largest absolute Gasteiger partial charge is 0.478 e. The van der Waals surface area contributed by atoms with E-state index in [4.69, 9.17) is 5.11 Å². The molecule has 0 spiro atoms. The normalized spacial score (nSPS) is 19.1. The van der Waals surface area contributed by atoms with E-state index in [-0.39, 0.29) is 0 Å². The van der Waals surface area contributed by atoms with Crippen molar-refractivity contribution >= 4 is 12.3 Å². The number of carboxylic acid groups (broad SMARTS) is 1. The second-order valence-corrected chi connectivity index (χ2v) is 8.01. The molecule has 1 saturated carbocycles. The summed E-state index contributed by atoms with van der Waals surface area (Å²) in [7, 11) is 0. The van der Waals surface area contributed by atoms with Gasteiger partial charge < -0.3 is 5.11 Å². The Morgan fingerprint density at radius 1 is 0.893 bits per heavy atom. The van der Waals surface area contributed by atoms with Gasteiger partial charge in [-0.3, -0.25) is 4.79 Å². The smallest absolute Gasteiger partial charge is 0.327 e. The molecule has 162 valence electrons. The Labute approximate surface area is 173 Å². The molecule has 0 amide bonds. The van der Waals surface area contributed by atoms with Crippen LogP contribution in [0.1, 0.15) is 110 Å². The maximum atomic E-state index is 10.4. The quantitative estimate of drug-likeness (QED) is 0.178. The Kier molecular flexibility index (Phi) is 19.4. The topological polar surface area (TPSA) is 54.4 Å². The van der Waals surface area contributed by atoms with Crippen molar-refractivity contribution in [3.8, 4) is 0 Å². The number of aliphatic carboxylic acids is 1. The molecule has 0 bridgehead atoms. The molecule has 0 aromatic heterocycles. The van der Waals surface area contributed by atoms with Crippen molar-refractivity contribution in [3.05, 3.63) is 24.3 Å². The highest BCUT2D eigenvalue weighted by atomic mass is 16.4. The van der Waals surface area contributed by atoms with Crippen LogP contribution >= 0.6 is 0 Å². The van der Waals surface area contributed by atoms with E-state index in [9.17, 15) is 9.59 Å². The van der Waals surface area contributed by atoms with Gasteiger partial charge in [-0.15, -0.1) is 0 Å². The first-order chi connectivity index (χ1) is 13.7. The Morgan fingerprint density at radius 2 is 1.50 bits per heavy atom. The maximum Gasteiger partial charge on any atom is 0.327 e. The van der Waals surface area contributed by atoms with E-state index in [1.165, 1.54) is 89.2 Å². The van der Waals surface area contributed by atoms with Crippen molar-refractivity contribution in [2.45, 2.75) is 110 Å². The Hall–Kier alpha value is -1.38. The molecule has 1 aliphatic rings. The lowest BCUT2D eigenvalue weighted by Gasteiger charge is -2.19. The van der Waals surface area contributed by atoms with E-state index in [1.54, 1.807) is 6.08 Å². The first-order valence-corrected chi connectivity index (χ1v) is 11.6. The van der Waals surface area contributed by atoms with E-state index >= 15 is 0 Å². The molecule has 1 rings (SSSR count). The third kappa shape index (κ3) is 16.8. The van der Waals surface area contributed by atoms with Crippen LogP contribution in [-0.2, 0) is 9.59 Å². The van der Waals surface area contributed by atoms with Gasteiger partial charge in [0.05, 0.1) is 0 Å². The number of hydrogen-bond donors (Lipinski definition) is 1. The number of allylic oxidation sites excluding steroid dienone is 3. The molecule has 0 heterocycles. The van der Waals surface area contributed by atoms with Gasteiger partial charge in [0.2, 0.25) is 0 Å². The van der Waals surface area contributed by atoms with Gasteiger partial charge in [-0.1, -0.05) is 103 Å². The lowest BCUT2D eigenvalue weighted by atomic mass is 9.87. The van der Waals surface area contributed by atoms with Crippen LogP contribution in [0.5, 0.6) is 0 Å². The van der Waals surface area contributed by atoms with Crippen LogP contribution in [-0.4, -0.2) is 17.4 Å². The van der Waals surface area contributed by atoms with Gasteiger partial charge >= 0.3 is 5.97 Å². The molecule has 3 heteroatoms. The van der Waals surface area contributed by atoms with Crippen molar-refractivity contribution in [2.24, 2.45) is 11.8 Å². The second kappa shape index (κ2) is 20.4. The maximum absolute atomic E-state index is 10.4. The molecule has 0 unspecified atom stereocenters. The molecule has 0 radical (unpaired) electrons. The number of hydrogen-bond acceptors (Lipinski definition) is 2. The zero-order chi connectivity index (χ0) is 20.9. The zero-order valence-corrected chi connectivity index (χ0v) is 18.4. The van der Waals surface area contributed by atoms with Gasteiger partial charge in [0.25, 0.3) is 0 Å². The summed E-state index contributed by atoms with van der Waals surface area (Å²) >= 11 is 0. The average Bonchev–Trinajstić information content (AvgIpc) is 3.13. The Bertz CT molecular complexity index is 426. The molecule has 1 aliphatic carbocycles. The summed E-state index contributed by atoms with van der Waals surface area (Å²) in [6.07, 6.45) is 27.1. The molecule has 0 aromatic carbocycles. The summed E-state index contributed by atoms with van der Waals surface area (Å²) in [5, 5.41) is 8.54. The van der Waals surface area contributed by atoms with E-state index < -0.39 is 5.97 Å². The van der Waals surface area contributed by atoms with Crippen molar-refractivity contribution < 1.29 is 14.7 Å². The predicted octanol–water partition coefficient (Wildman–Crippen LogP) is 7.51. The molecule has 1 N–H and O–H groups in total. The summed E-state index contributed by atoms with van der Waals surface area (Å²) in [5.41, 5.74) is 0. The number of unbranched alkanes of at least 4 members (excludes halogenated alkanes) is 7. The number of carbonyl (C=O) groups is 2.